The van der Waals surface area contributed by atoms with Crippen molar-refractivity contribution in [2.75, 3.05) is 0 Å². The van der Waals surface area contributed by atoms with Gasteiger partial charge in [-0.05, 0) is 115 Å². The van der Waals surface area contributed by atoms with Crippen LogP contribution in [0, 0.1) is 0 Å². The van der Waals surface area contributed by atoms with Gasteiger partial charge in [-0.1, -0.05) is 153 Å². The number of nitrogens with zero attached hydrogens (tertiary/aromatic N) is 1. The van der Waals surface area contributed by atoms with Gasteiger partial charge in [0, 0.05) is 21.9 Å². The third kappa shape index (κ3) is 4.85. The fourth-order valence-electron chi connectivity index (χ4n) is 8.53. The predicted octanol–water partition coefficient (Wildman–Crippen LogP) is 13.8. The first kappa shape index (κ1) is 30.4. The molecule has 1 aliphatic rings. The highest BCUT2D eigenvalue weighted by Crippen LogP contribution is 2.51. The lowest BCUT2D eigenvalue weighted by Crippen LogP contribution is -2.15. The first-order valence-corrected chi connectivity index (χ1v) is 18.2. The van der Waals surface area contributed by atoms with Gasteiger partial charge in [0.25, 0.3) is 0 Å². The van der Waals surface area contributed by atoms with Crippen LogP contribution in [0.5, 0.6) is 0 Å². The first-order chi connectivity index (χ1) is 25.5. The van der Waals surface area contributed by atoms with E-state index in [0.717, 1.165) is 5.69 Å². The van der Waals surface area contributed by atoms with Crippen molar-refractivity contribution in [3.63, 3.8) is 0 Å². The van der Waals surface area contributed by atoms with Gasteiger partial charge in [-0.25, -0.2) is 0 Å². The maximum absolute atomic E-state index is 2.50. The maximum Gasteiger partial charge on any atom is 0.0544 e. The Balaban J connectivity index is 1.24. The van der Waals surface area contributed by atoms with Crippen LogP contribution >= 0.6 is 0 Å². The van der Waals surface area contributed by atoms with Crippen LogP contribution in [0.3, 0.4) is 0 Å². The summed E-state index contributed by atoms with van der Waals surface area (Å²) in [7, 11) is 0. The summed E-state index contributed by atoms with van der Waals surface area (Å²) in [5, 5.41) is 2.55. The minimum absolute atomic E-state index is 0.0931. The summed E-state index contributed by atoms with van der Waals surface area (Å²) < 4.78 is 2.50. The van der Waals surface area contributed by atoms with Crippen molar-refractivity contribution < 1.29 is 0 Å². The largest absolute Gasteiger partial charge is 0.309 e. The van der Waals surface area contributed by atoms with E-state index in [1.165, 1.54) is 88.6 Å². The number of para-hydroxylation sites is 1. The van der Waals surface area contributed by atoms with Crippen LogP contribution in [-0.4, -0.2) is 4.57 Å². The zero-order valence-electron chi connectivity index (χ0n) is 29.3. The molecule has 0 fully saturated rings. The number of aromatic nitrogens is 1. The molecule has 0 saturated heterocycles. The van der Waals surface area contributed by atoms with Gasteiger partial charge in [0.2, 0.25) is 0 Å². The Bertz CT molecular complexity index is 2700. The molecule has 52 heavy (non-hydrogen) atoms. The Hall–Kier alpha value is -6.44. The second-order valence-electron chi connectivity index (χ2n) is 14.6. The fourth-order valence-corrected chi connectivity index (χ4v) is 8.53. The Morgan fingerprint density at radius 1 is 0.327 bits per heavy atom. The van der Waals surface area contributed by atoms with E-state index in [0.29, 0.717) is 0 Å². The molecule has 0 radical (unpaired) electrons. The summed E-state index contributed by atoms with van der Waals surface area (Å²) in [5.41, 5.74) is 18.6. The van der Waals surface area contributed by atoms with Gasteiger partial charge >= 0.3 is 0 Å². The molecule has 8 aromatic carbocycles. The summed E-state index contributed by atoms with van der Waals surface area (Å²) >= 11 is 0. The van der Waals surface area contributed by atoms with E-state index in [-0.39, 0.29) is 5.41 Å². The van der Waals surface area contributed by atoms with Gasteiger partial charge in [0.05, 0.1) is 11.0 Å². The molecule has 1 heteroatoms. The summed E-state index contributed by atoms with van der Waals surface area (Å²) in [6.45, 7) is 4.74. The van der Waals surface area contributed by atoms with Gasteiger partial charge < -0.3 is 4.57 Å². The lowest BCUT2D eigenvalue weighted by Gasteiger charge is -2.22. The van der Waals surface area contributed by atoms with Crippen molar-refractivity contribution in [1.82, 2.24) is 4.57 Å². The SMILES string of the molecule is CC1(C)c2ccccc2-c2cc3c4ccccc4n(-c4cc(-c5cccc(-c6ccccc6)c5)cc(-c5cccc(-c6ccccc6)c5)c4)c3cc21. The van der Waals surface area contributed by atoms with Crippen LogP contribution in [0.1, 0.15) is 25.0 Å². The van der Waals surface area contributed by atoms with Crippen molar-refractivity contribution in [1.29, 1.82) is 0 Å². The molecule has 0 aliphatic heterocycles. The molecular formula is C51H37N. The second-order valence-corrected chi connectivity index (χ2v) is 14.6. The van der Waals surface area contributed by atoms with Crippen LogP contribution in [-0.2, 0) is 5.41 Å². The highest BCUT2D eigenvalue weighted by Gasteiger charge is 2.36. The molecule has 0 bridgehead atoms. The van der Waals surface area contributed by atoms with Crippen molar-refractivity contribution in [2.45, 2.75) is 19.3 Å². The molecule has 0 amide bonds. The molecule has 0 saturated carbocycles. The van der Waals surface area contributed by atoms with Gasteiger partial charge in [0.15, 0.2) is 0 Å². The molecule has 9 aromatic rings. The minimum atomic E-state index is -0.0931. The molecular weight excluding hydrogens is 627 g/mol. The van der Waals surface area contributed by atoms with E-state index in [1.54, 1.807) is 0 Å². The molecule has 1 aromatic heterocycles. The number of fused-ring (bicyclic) bond motifs is 6. The number of benzene rings is 8. The van der Waals surface area contributed by atoms with Crippen LogP contribution in [0.4, 0.5) is 0 Å². The summed E-state index contributed by atoms with van der Waals surface area (Å²) in [6, 6.07) is 69.2. The highest BCUT2D eigenvalue weighted by atomic mass is 15.0. The number of hydrogen-bond acceptors (Lipinski definition) is 0. The van der Waals surface area contributed by atoms with Crippen LogP contribution < -0.4 is 0 Å². The normalized spacial score (nSPS) is 13.0. The van der Waals surface area contributed by atoms with E-state index in [1.807, 2.05) is 0 Å². The zero-order valence-corrected chi connectivity index (χ0v) is 29.3. The third-order valence-electron chi connectivity index (χ3n) is 11.2. The Labute approximate surface area is 305 Å². The van der Waals surface area contributed by atoms with Gasteiger partial charge in [0.1, 0.15) is 0 Å². The topological polar surface area (TPSA) is 4.93 Å². The average Bonchev–Trinajstić information content (AvgIpc) is 3.65. The molecule has 0 N–H and O–H groups in total. The molecule has 0 unspecified atom stereocenters. The summed E-state index contributed by atoms with van der Waals surface area (Å²) in [6.07, 6.45) is 0. The smallest absolute Gasteiger partial charge is 0.0544 e. The molecule has 1 heterocycles. The van der Waals surface area contributed by atoms with Crippen molar-refractivity contribution in [3.8, 4) is 61.3 Å². The molecule has 1 nitrogen and oxygen atoms in total. The molecule has 1 aliphatic carbocycles. The molecule has 246 valence electrons. The average molecular weight is 664 g/mol. The number of rotatable bonds is 5. The molecule has 0 spiro atoms. The van der Waals surface area contributed by atoms with Crippen molar-refractivity contribution in [3.05, 3.63) is 199 Å². The lowest BCUT2D eigenvalue weighted by atomic mass is 9.82. The second kappa shape index (κ2) is 11.8. The molecule has 0 atom stereocenters. The Morgan fingerprint density at radius 2 is 0.827 bits per heavy atom. The highest BCUT2D eigenvalue weighted by molar-refractivity contribution is 6.11. The number of hydrogen-bond donors (Lipinski definition) is 0. The summed E-state index contributed by atoms with van der Waals surface area (Å²) in [4.78, 5) is 0. The molecule has 10 rings (SSSR count). The minimum Gasteiger partial charge on any atom is -0.309 e. The van der Waals surface area contributed by atoms with E-state index in [4.69, 9.17) is 0 Å². The predicted molar refractivity (Wildman–Crippen MR) is 220 cm³/mol. The maximum atomic E-state index is 2.50. The lowest BCUT2D eigenvalue weighted by molar-refractivity contribution is 0.661. The zero-order chi connectivity index (χ0) is 34.8. The summed E-state index contributed by atoms with van der Waals surface area (Å²) in [5.74, 6) is 0. The van der Waals surface area contributed by atoms with Crippen LogP contribution in [0.2, 0.25) is 0 Å². The Morgan fingerprint density at radius 3 is 1.46 bits per heavy atom. The van der Waals surface area contributed by atoms with E-state index in [2.05, 4.69) is 206 Å². The standard InChI is InChI=1S/C51H37N/c1-51(2)47-25-11-9-23-43(47)45-32-46-44-24-10-12-26-49(44)52(50(46)33-48(45)51)42-30-40(38-21-13-19-36(27-38)34-15-5-3-6-16-34)29-41(31-42)39-22-14-20-37(28-39)35-17-7-4-8-18-35/h3-33H,1-2H3. The monoisotopic (exact) mass is 663 g/mol. The quantitative estimate of drug-likeness (QED) is 0.173. The van der Waals surface area contributed by atoms with Crippen LogP contribution in [0.25, 0.3) is 83.1 Å². The van der Waals surface area contributed by atoms with Gasteiger partial charge in [-0.3, -0.25) is 0 Å². The van der Waals surface area contributed by atoms with E-state index >= 15 is 0 Å². The van der Waals surface area contributed by atoms with E-state index < -0.39 is 0 Å². The van der Waals surface area contributed by atoms with Crippen molar-refractivity contribution in [2.24, 2.45) is 0 Å². The van der Waals surface area contributed by atoms with E-state index in [9.17, 15) is 0 Å². The van der Waals surface area contributed by atoms with Gasteiger partial charge in [-0.15, -0.1) is 0 Å². The first-order valence-electron chi connectivity index (χ1n) is 18.2. The van der Waals surface area contributed by atoms with Crippen LogP contribution in [0.15, 0.2) is 188 Å². The third-order valence-corrected chi connectivity index (χ3v) is 11.2. The Kier molecular flexibility index (Phi) is 6.91. The van der Waals surface area contributed by atoms with Crippen molar-refractivity contribution >= 4 is 21.8 Å². The fraction of sp³-hybridized carbons (Fsp3) is 0.0588. The van der Waals surface area contributed by atoms with Gasteiger partial charge in [-0.2, -0.15) is 0 Å².